The number of rotatable bonds is 7. The third-order valence-corrected chi connectivity index (χ3v) is 9.20. The van der Waals surface area contributed by atoms with Crippen LogP contribution >= 0.6 is 11.6 Å². The molecular weight excluding hydrogens is 544 g/mol. The molecule has 214 valence electrons. The number of likely N-dealkylation sites (tertiary alicyclic amines) is 1. The van der Waals surface area contributed by atoms with Crippen molar-refractivity contribution in [2.24, 2.45) is 10.5 Å². The van der Waals surface area contributed by atoms with Crippen LogP contribution in [0, 0.1) is 5.41 Å². The molecule has 4 aliphatic rings. The van der Waals surface area contributed by atoms with Crippen molar-refractivity contribution in [3.63, 3.8) is 0 Å². The van der Waals surface area contributed by atoms with Crippen LogP contribution in [0.4, 0.5) is 11.4 Å². The maximum atomic E-state index is 13.4. The van der Waals surface area contributed by atoms with Gasteiger partial charge in [-0.2, -0.15) is 5.10 Å². The molecule has 10 nitrogen and oxygen atoms in total. The lowest BCUT2D eigenvalue weighted by Gasteiger charge is -2.43. The van der Waals surface area contributed by atoms with Crippen LogP contribution in [0.25, 0.3) is 10.8 Å². The van der Waals surface area contributed by atoms with Crippen molar-refractivity contribution in [3.8, 4) is 0 Å². The number of nitrogens with one attached hydrogen (secondary N) is 2. The zero-order chi connectivity index (χ0) is 28.9. The van der Waals surface area contributed by atoms with Gasteiger partial charge in [-0.25, -0.2) is 0 Å². The SMILES string of the molecule is C=NN(/C=C(\Cl)Nc1ccc2c3c(cccc13)C(=O)N2C1CCC(=O)NC1=O)C1CCN(C(=O)C2(C)CCC2)CC1. The first kappa shape index (κ1) is 27.3. The molecule has 2 saturated heterocycles. The van der Waals surface area contributed by atoms with Crippen molar-refractivity contribution in [2.75, 3.05) is 23.3 Å². The van der Waals surface area contributed by atoms with Crippen LogP contribution in [0.2, 0.25) is 0 Å². The molecular formula is C30H33ClN6O4. The Hall–Kier alpha value is -3.92. The van der Waals surface area contributed by atoms with Crippen molar-refractivity contribution in [1.82, 2.24) is 15.2 Å². The Labute approximate surface area is 243 Å². The van der Waals surface area contributed by atoms with Gasteiger partial charge in [-0.3, -0.25) is 34.4 Å². The Morgan fingerprint density at radius 1 is 1.17 bits per heavy atom. The summed E-state index contributed by atoms with van der Waals surface area (Å²) in [6, 6.07) is 8.38. The highest BCUT2D eigenvalue weighted by atomic mass is 35.5. The minimum Gasteiger partial charge on any atom is -0.344 e. The van der Waals surface area contributed by atoms with Crippen LogP contribution in [0.5, 0.6) is 0 Å². The summed E-state index contributed by atoms with van der Waals surface area (Å²) in [4.78, 5) is 54.0. The molecule has 3 fully saturated rings. The molecule has 1 saturated carbocycles. The maximum Gasteiger partial charge on any atom is 0.259 e. The van der Waals surface area contributed by atoms with Gasteiger partial charge >= 0.3 is 0 Å². The fourth-order valence-electron chi connectivity index (χ4n) is 6.53. The molecule has 0 bridgehead atoms. The number of piperidine rings is 2. The molecule has 11 heteroatoms. The number of amides is 4. The van der Waals surface area contributed by atoms with E-state index < -0.39 is 11.9 Å². The summed E-state index contributed by atoms with van der Waals surface area (Å²) in [5.41, 5.74) is 1.63. The Balaban J connectivity index is 1.18. The average Bonchev–Trinajstić information content (AvgIpc) is 3.24. The molecule has 0 aromatic heterocycles. The van der Waals surface area contributed by atoms with E-state index in [1.54, 1.807) is 29.4 Å². The highest BCUT2D eigenvalue weighted by molar-refractivity contribution is 6.32. The molecule has 3 heterocycles. The van der Waals surface area contributed by atoms with Crippen molar-refractivity contribution in [1.29, 1.82) is 0 Å². The fourth-order valence-corrected chi connectivity index (χ4v) is 6.73. The van der Waals surface area contributed by atoms with E-state index >= 15 is 0 Å². The summed E-state index contributed by atoms with van der Waals surface area (Å²) in [5.74, 6) is -0.797. The lowest BCUT2D eigenvalue weighted by molar-refractivity contribution is -0.147. The van der Waals surface area contributed by atoms with Crippen molar-refractivity contribution in [2.45, 2.75) is 64.0 Å². The van der Waals surface area contributed by atoms with Crippen LogP contribution in [-0.4, -0.2) is 65.4 Å². The second-order valence-corrected chi connectivity index (χ2v) is 12.0. The minimum atomic E-state index is -0.747. The maximum absolute atomic E-state index is 13.4. The third-order valence-electron chi connectivity index (χ3n) is 9.01. The van der Waals surface area contributed by atoms with Gasteiger partial charge in [0.15, 0.2) is 0 Å². The standard InChI is InChI=1S/C30H33ClN6O4/c1-30(13-4-14-30)29(41)35-15-11-18(12-16-35)36(32-2)17-24(31)33-21-7-8-22-26-19(21)5-3-6-20(26)28(40)37(22)23-9-10-25(38)34-27(23)39/h3,5-8,17-18,23,33H,2,4,9-16H2,1H3,(H,34,38,39)/b24-17+. The van der Waals surface area contributed by atoms with Crippen LogP contribution in [0.1, 0.15) is 62.2 Å². The summed E-state index contributed by atoms with van der Waals surface area (Å²) in [6.07, 6.45) is 6.75. The van der Waals surface area contributed by atoms with Crippen LogP contribution in [0.15, 0.2) is 46.8 Å². The Kier molecular flexibility index (Phi) is 6.97. The molecule has 0 radical (unpaired) electrons. The molecule has 4 amide bonds. The molecule has 1 unspecified atom stereocenters. The predicted octanol–water partition coefficient (Wildman–Crippen LogP) is 4.15. The van der Waals surface area contributed by atoms with Gasteiger partial charge in [0.25, 0.3) is 5.91 Å². The topological polar surface area (TPSA) is 114 Å². The number of nitrogens with zero attached hydrogens (tertiary/aromatic N) is 4. The number of hydrogen-bond donors (Lipinski definition) is 2. The molecule has 2 aromatic carbocycles. The fraction of sp³-hybridized carbons (Fsp3) is 0.433. The highest BCUT2D eigenvalue weighted by Gasteiger charge is 2.43. The van der Waals surface area contributed by atoms with Gasteiger partial charge in [0.05, 0.1) is 17.9 Å². The highest BCUT2D eigenvalue weighted by Crippen LogP contribution is 2.44. The molecule has 0 spiro atoms. The van der Waals surface area contributed by atoms with Gasteiger partial charge in [0.2, 0.25) is 17.7 Å². The van der Waals surface area contributed by atoms with Gasteiger partial charge < -0.3 is 10.2 Å². The predicted molar refractivity (Wildman–Crippen MR) is 157 cm³/mol. The van der Waals surface area contributed by atoms with E-state index in [0.29, 0.717) is 35.2 Å². The van der Waals surface area contributed by atoms with Gasteiger partial charge in [-0.05, 0) is 50.3 Å². The zero-order valence-corrected chi connectivity index (χ0v) is 23.7. The van der Waals surface area contributed by atoms with Gasteiger partial charge in [-0.15, -0.1) is 0 Å². The average molecular weight is 577 g/mol. The quantitative estimate of drug-likeness (QED) is 0.221. The lowest BCUT2D eigenvalue weighted by atomic mass is 9.69. The minimum absolute atomic E-state index is 0.0637. The van der Waals surface area contributed by atoms with Crippen LogP contribution in [-0.2, 0) is 14.4 Å². The first-order valence-corrected chi connectivity index (χ1v) is 14.5. The number of carbonyl (C=O) groups excluding carboxylic acids is 4. The van der Waals surface area contributed by atoms with E-state index in [1.165, 1.54) is 4.90 Å². The van der Waals surface area contributed by atoms with Gasteiger partial charge in [0.1, 0.15) is 11.2 Å². The first-order chi connectivity index (χ1) is 19.7. The number of imide groups is 1. The summed E-state index contributed by atoms with van der Waals surface area (Å²) in [6.45, 7) is 7.16. The number of anilines is 2. The number of carbonyl (C=O) groups is 4. The lowest BCUT2D eigenvalue weighted by Crippen LogP contribution is -2.53. The summed E-state index contributed by atoms with van der Waals surface area (Å²) in [5, 5.41) is 13.4. The Morgan fingerprint density at radius 3 is 2.59 bits per heavy atom. The second kappa shape index (κ2) is 10.5. The van der Waals surface area contributed by atoms with Crippen molar-refractivity contribution in [3.05, 3.63) is 47.3 Å². The monoisotopic (exact) mass is 576 g/mol. The van der Waals surface area contributed by atoms with Crippen molar-refractivity contribution < 1.29 is 19.2 Å². The van der Waals surface area contributed by atoms with E-state index in [0.717, 1.165) is 42.9 Å². The summed E-state index contributed by atoms with van der Waals surface area (Å²) >= 11 is 6.67. The van der Waals surface area contributed by atoms with E-state index in [-0.39, 0.29) is 42.0 Å². The van der Waals surface area contributed by atoms with Crippen LogP contribution in [0.3, 0.4) is 0 Å². The first-order valence-electron chi connectivity index (χ1n) is 14.1. The van der Waals surface area contributed by atoms with Gasteiger partial charge in [-0.1, -0.05) is 37.1 Å². The van der Waals surface area contributed by atoms with Crippen molar-refractivity contribution >= 4 is 64.1 Å². The largest absolute Gasteiger partial charge is 0.344 e. The molecule has 2 N–H and O–H groups in total. The summed E-state index contributed by atoms with van der Waals surface area (Å²) < 4.78 is 0. The molecule has 6 rings (SSSR count). The third kappa shape index (κ3) is 4.73. The van der Waals surface area contributed by atoms with E-state index in [9.17, 15) is 19.2 Å². The molecule has 1 atom stereocenters. The normalized spacial score (nSPS) is 22.4. The number of halogens is 1. The summed E-state index contributed by atoms with van der Waals surface area (Å²) in [7, 11) is 0. The van der Waals surface area contributed by atoms with Gasteiger partial charge in [0, 0.05) is 53.7 Å². The molecule has 1 aliphatic carbocycles. The molecule has 41 heavy (non-hydrogen) atoms. The van der Waals surface area contributed by atoms with E-state index in [4.69, 9.17) is 11.6 Å². The van der Waals surface area contributed by atoms with Crippen LogP contribution < -0.4 is 15.5 Å². The smallest absolute Gasteiger partial charge is 0.259 e. The number of benzene rings is 2. The van der Waals surface area contributed by atoms with E-state index in [2.05, 4.69) is 29.4 Å². The number of hydrazone groups is 1. The van der Waals surface area contributed by atoms with E-state index in [1.807, 2.05) is 17.0 Å². The second-order valence-electron chi connectivity index (χ2n) is 11.6. The Bertz CT molecular complexity index is 1490. The number of hydrogen-bond acceptors (Lipinski definition) is 7. The molecule has 2 aromatic rings. The zero-order valence-electron chi connectivity index (χ0n) is 23.0. The molecule has 3 aliphatic heterocycles. The Morgan fingerprint density at radius 2 is 1.93 bits per heavy atom.